The van der Waals surface area contributed by atoms with Crippen molar-refractivity contribution in [2.75, 3.05) is 6.26 Å². The summed E-state index contributed by atoms with van der Waals surface area (Å²) in [6.45, 7) is 6.48. The van der Waals surface area contributed by atoms with Crippen LogP contribution >= 0.6 is 23.4 Å². The molecule has 2 atom stereocenters. The number of nitrogens with zero attached hydrogens (tertiary/aromatic N) is 3. The fraction of sp³-hybridized carbons (Fsp3) is 0.833. The van der Waals surface area contributed by atoms with Crippen molar-refractivity contribution in [1.82, 2.24) is 14.8 Å². The third-order valence-corrected chi connectivity index (χ3v) is 4.79. The lowest BCUT2D eigenvalue weighted by Gasteiger charge is -2.26. The van der Waals surface area contributed by atoms with Gasteiger partial charge in [0, 0.05) is 16.7 Å². The van der Waals surface area contributed by atoms with E-state index in [0.717, 1.165) is 5.82 Å². The van der Waals surface area contributed by atoms with Crippen molar-refractivity contribution in [3.8, 4) is 0 Å². The molecule has 1 aliphatic rings. The van der Waals surface area contributed by atoms with E-state index in [9.17, 15) is 0 Å². The minimum absolute atomic E-state index is 0.00825. The summed E-state index contributed by atoms with van der Waals surface area (Å²) in [7, 11) is 0. The van der Waals surface area contributed by atoms with Crippen molar-refractivity contribution < 1.29 is 0 Å². The highest BCUT2D eigenvalue weighted by Crippen LogP contribution is 2.40. The fourth-order valence-electron chi connectivity index (χ4n) is 2.55. The molecule has 0 radical (unpaired) electrons. The molecule has 1 aliphatic carbocycles. The Labute approximate surface area is 112 Å². The molecule has 1 saturated carbocycles. The second-order valence-corrected chi connectivity index (χ2v) is 7.10. The predicted molar refractivity (Wildman–Crippen MR) is 73.9 cm³/mol. The third-order valence-electron chi connectivity index (χ3n) is 3.38. The highest BCUT2D eigenvalue weighted by Gasteiger charge is 2.34. The van der Waals surface area contributed by atoms with Crippen molar-refractivity contribution in [3.63, 3.8) is 0 Å². The summed E-state index contributed by atoms with van der Waals surface area (Å²) in [5, 5.41) is 9.52. The fourth-order valence-corrected chi connectivity index (χ4v) is 3.77. The van der Waals surface area contributed by atoms with Crippen molar-refractivity contribution >= 4 is 23.4 Å². The van der Waals surface area contributed by atoms with Crippen LogP contribution in [0.1, 0.15) is 51.9 Å². The number of halogens is 1. The molecule has 1 aromatic heterocycles. The highest BCUT2D eigenvalue weighted by molar-refractivity contribution is 7.99. The molecule has 17 heavy (non-hydrogen) atoms. The van der Waals surface area contributed by atoms with E-state index < -0.39 is 0 Å². The molecular weight excluding hydrogens is 254 g/mol. The largest absolute Gasteiger partial charge is 0.297 e. The summed E-state index contributed by atoms with van der Waals surface area (Å²) in [6.07, 6.45) is 5.91. The van der Waals surface area contributed by atoms with Gasteiger partial charge in [-0.05, 0) is 30.7 Å². The van der Waals surface area contributed by atoms with Crippen LogP contribution in [0.25, 0.3) is 0 Å². The Bertz CT molecular complexity index is 397. The summed E-state index contributed by atoms with van der Waals surface area (Å²) in [4.78, 5) is 0. The zero-order valence-electron chi connectivity index (χ0n) is 10.9. The Morgan fingerprint density at radius 1 is 1.29 bits per heavy atom. The molecule has 0 bridgehead atoms. The van der Waals surface area contributed by atoms with E-state index in [1.165, 1.54) is 19.3 Å². The Morgan fingerprint density at radius 3 is 2.59 bits per heavy atom. The van der Waals surface area contributed by atoms with E-state index in [1.807, 2.05) is 11.8 Å². The SMILES string of the molecule is CSC1CCCC1n1c(Cl)nnc1C(C)(C)C. The molecule has 0 spiro atoms. The number of rotatable bonds is 2. The first kappa shape index (κ1) is 13.2. The zero-order valence-corrected chi connectivity index (χ0v) is 12.5. The Kier molecular flexibility index (Phi) is 3.74. The van der Waals surface area contributed by atoms with E-state index in [1.54, 1.807) is 0 Å². The van der Waals surface area contributed by atoms with Gasteiger partial charge >= 0.3 is 0 Å². The lowest BCUT2D eigenvalue weighted by Crippen LogP contribution is -2.25. The van der Waals surface area contributed by atoms with Gasteiger partial charge < -0.3 is 0 Å². The maximum atomic E-state index is 6.23. The van der Waals surface area contributed by atoms with E-state index in [0.29, 0.717) is 16.6 Å². The first-order valence-corrected chi connectivity index (χ1v) is 7.75. The predicted octanol–water partition coefficient (Wildman–Crippen LogP) is 3.69. The topological polar surface area (TPSA) is 30.7 Å². The van der Waals surface area contributed by atoms with Gasteiger partial charge in [-0.2, -0.15) is 11.8 Å². The van der Waals surface area contributed by atoms with Crippen molar-refractivity contribution in [3.05, 3.63) is 11.1 Å². The number of thioether (sulfide) groups is 1. The van der Waals surface area contributed by atoms with Gasteiger partial charge in [0.25, 0.3) is 0 Å². The second-order valence-electron chi connectivity index (χ2n) is 5.69. The summed E-state index contributed by atoms with van der Waals surface area (Å²) >= 11 is 8.17. The first-order chi connectivity index (χ1) is 7.95. The van der Waals surface area contributed by atoms with Crippen LogP contribution in [0.5, 0.6) is 0 Å². The van der Waals surface area contributed by atoms with Crippen LogP contribution in [0.15, 0.2) is 0 Å². The summed E-state index contributed by atoms with van der Waals surface area (Å²) in [6, 6.07) is 0.460. The molecule has 1 fully saturated rings. The third kappa shape index (κ3) is 2.48. The van der Waals surface area contributed by atoms with Crippen LogP contribution in [0.4, 0.5) is 0 Å². The average molecular weight is 274 g/mol. The van der Waals surface area contributed by atoms with E-state index in [-0.39, 0.29) is 5.41 Å². The molecule has 0 N–H and O–H groups in total. The van der Waals surface area contributed by atoms with Crippen molar-refractivity contribution in [2.24, 2.45) is 0 Å². The monoisotopic (exact) mass is 273 g/mol. The first-order valence-electron chi connectivity index (χ1n) is 6.09. The van der Waals surface area contributed by atoms with Crippen LogP contribution in [-0.2, 0) is 5.41 Å². The molecule has 1 heterocycles. The molecule has 96 valence electrons. The molecule has 0 aromatic carbocycles. The van der Waals surface area contributed by atoms with Crippen LogP contribution in [0.3, 0.4) is 0 Å². The molecule has 5 heteroatoms. The maximum Gasteiger partial charge on any atom is 0.225 e. The number of hydrogen-bond donors (Lipinski definition) is 0. The summed E-state index contributed by atoms with van der Waals surface area (Å²) < 4.78 is 2.16. The van der Waals surface area contributed by atoms with Gasteiger partial charge in [0.05, 0.1) is 0 Å². The highest BCUT2D eigenvalue weighted by atomic mass is 35.5. The van der Waals surface area contributed by atoms with Gasteiger partial charge in [0.2, 0.25) is 5.28 Å². The molecule has 2 unspecified atom stereocenters. The molecule has 0 amide bonds. The molecular formula is C12H20ClN3S. The Hall–Kier alpha value is -0.220. The van der Waals surface area contributed by atoms with Gasteiger partial charge in [-0.1, -0.05) is 27.2 Å². The van der Waals surface area contributed by atoms with E-state index >= 15 is 0 Å². The minimum atomic E-state index is -0.00825. The normalized spacial score (nSPS) is 25.5. The van der Waals surface area contributed by atoms with Crippen LogP contribution in [-0.4, -0.2) is 26.3 Å². The van der Waals surface area contributed by atoms with Crippen LogP contribution in [0.2, 0.25) is 5.28 Å². The molecule has 0 saturated heterocycles. The van der Waals surface area contributed by atoms with Gasteiger partial charge in [-0.3, -0.25) is 4.57 Å². The van der Waals surface area contributed by atoms with E-state index in [2.05, 4.69) is 41.8 Å². The average Bonchev–Trinajstić information content (AvgIpc) is 2.81. The lowest BCUT2D eigenvalue weighted by molar-refractivity contribution is 0.442. The number of hydrogen-bond acceptors (Lipinski definition) is 3. The molecule has 1 aromatic rings. The second kappa shape index (κ2) is 4.81. The smallest absolute Gasteiger partial charge is 0.225 e. The van der Waals surface area contributed by atoms with Crippen LogP contribution in [0, 0.1) is 0 Å². The van der Waals surface area contributed by atoms with Crippen LogP contribution < -0.4 is 0 Å². The maximum absolute atomic E-state index is 6.23. The van der Waals surface area contributed by atoms with Gasteiger partial charge in [0.15, 0.2) is 0 Å². The molecule has 0 aliphatic heterocycles. The Balaban J connectivity index is 2.40. The van der Waals surface area contributed by atoms with Gasteiger partial charge in [-0.15, -0.1) is 10.2 Å². The van der Waals surface area contributed by atoms with Crippen molar-refractivity contribution in [2.45, 2.75) is 56.7 Å². The van der Waals surface area contributed by atoms with Crippen molar-refractivity contribution in [1.29, 1.82) is 0 Å². The van der Waals surface area contributed by atoms with Gasteiger partial charge in [-0.25, -0.2) is 0 Å². The summed E-state index contributed by atoms with van der Waals surface area (Å²) in [5.41, 5.74) is -0.00825. The quantitative estimate of drug-likeness (QED) is 0.823. The molecule has 3 nitrogen and oxygen atoms in total. The van der Waals surface area contributed by atoms with E-state index in [4.69, 9.17) is 11.6 Å². The summed E-state index contributed by atoms with van der Waals surface area (Å²) in [5.74, 6) is 1.01. The minimum Gasteiger partial charge on any atom is -0.297 e. The van der Waals surface area contributed by atoms with Gasteiger partial charge in [0.1, 0.15) is 5.82 Å². The lowest BCUT2D eigenvalue weighted by atomic mass is 9.95. The molecule has 2 rings (SSSR count). The number of aromatic nitrogens is 3. The standard InChI is InChI=1S/C12H20ClN3S/c1-12(2,3)10-14-15-11(13)16(10)8-6-5-7-9(8)17-4/h8-9H,5-7H2,1-4H3. The Morgan fingerprint density at radius 2 is 2.00 bits per heavy atom. The zero-order chi connectivity index (χ0) is 12.6.